The summed E-state index contributed by atoms with van der Waals surface area (Å²) in [6.45, 7) is 0. The van der Waals surface area contributed by atoms with Crippen molar-refractivity contribution in [2.75, 3.05) is 14.2 Å². The first-order valence-electron chi connectivity index (χ1n) is 1.75. The Morgan fingerprint density at radius 2 is 2.00 bits per heavy atom. The summed E-state index contributed by atoms with van der Waals surface area (Å²) in [6, 6.07) is 0. The van der Waals surface area contributed by atoms with Crippen molar-refractivity contribution in [3.05, 3.63) is 0 Å². The maximum Gasteiger partial charge on any atom is 0.0524 e. The van der Waals surface area contributed by atoms with Gasteiger partial charge in [0.05, 0.1) is 7.11 Å². The van der Waals surface area contributed by atoms with Gasteiger partial charge in [0.25, 0.3) is 0 Å². The van der Waals surface area contributed by atoms with E-state index >= 15 is 0 Å². The third-order valence-electron chi connectivity index (χ3n) is 0.595. The fourth-order valence-electron chi connectivity index (χ4n) is 0.0833. The molecule has 0 aromatic carbocycles. The van der Waals surface area contributed by atoms with E-state index in [0.717, 1.165) is 0 Å². The summed E-state index contributed by atoms with van der Waals surface area (Å²) in [7, 11) is 1.21. The van der Waals surface area contributed by atoms with Crippen LogP contribution in [-0.2, 0) is 4.18 Å². The zero-order valence-electron chi connectivity index (χ0n) is 4.47. The van der Waals surface area contributed by atoms with Crippen LogP contribution in [0.4, 0.5) is 0 Å². The Kier molecular flexibility index (Phi) is 2.55. The lowest BCUT2D eigenvalue weighted by Gasteiger charge is -2.26. The minimum atomic E-state index is -1.91. The summed E-state index contributed by atoms with van der Waals surface area (Å²) in [6.07, 6.45) is 0. The summed E-state index contributed by atoms with van der Waals surface area (Å²) >= 11 is 0. The van der Waals surface area contributed by atoms with Crippen LogP contribution in [0.1, 0.15) is 0 Å². The van der Waals surface area contributed by atoms with Gasteiger partial charge in [-0.3, -0.25) is 10.3 Å². The van der Waals surface area contributed by atoms with Crippen molar-refractivity contribution in [2.24, 2.45) is 10.3 Å². The molecule has 0 atom stereocenters. The minimum Gasteiger partial charge on any atom is -0.302 e. The van der Waals surface area contributed by atoms with E-state index in [-0.39, 0.29) is 0 Å². The van der Waals surface area contributed by atoms with Crippen LogP contribution in [0.25, 0.3) is 0 Å². The average Bonchev–Trinajstić information content (AvgIpc) is 1.68. The van der Waals surface area contributed by atoms with Crippen molar-refractivity contribution in [3.8, 4) is 0 Å². The molecule has 0 aliphatic carbocycles. The molecule has 5 heteroatoms. The Morgan fingerprint density at radius 1 is 1.57 bits per heavy atom. The molecular formula is C2H11N3OS. The summed E-state index contributed by atoms with van der Waals surface area (Å²) < 4.78 is 7.22. The molecule has 0 radical (unpaired) electrons. The van der Waals surface area contributed by atoms with E-state index in [9.17, 15) is 0 Å². The van der Waals surface area contributed by atoms with Gasteiger partial charge in [-0.25, -0.2) is 4.72 Å². The molecule has 0 saturated carbocycles. The number of hydrogen-bond acceptors (Lipinski definition) is 4. The van der Waals surface area contributed by atoms with Gasteiger partial charge in [-0.1, -0.05) is 0 Å². The molecule has 4 nitrogen and oxygen atoms in total. The number of hydrogen-bond donors (Lipinski definition) is 3. The third-order valence-corrected chi connectivity index (χ3v) is 1.78. The molecular weight excluding hydrogens is 114 g/mol. The van der Waals surface area contributed by atoms with Gasteiger partial charge in [0.1, 0.15) is 0 Å². The lowest BCUT2D eigenvalue weighted by atomic mass is 11.6. The van der Waals surface area contributed by atoms with E-state index in [2.05, 4.69) is 8.91 Å². The Hall–Kier alpha value is 0.190. The van der Waals surface area contributed by atoms with E-state index in [4.69, 9.17) is 10.3 Å². The second-order valence-electron chi connectivity index (χ2n) is 1.02. The second kappa shape index (κ2) is 2.49. The molecule has 0 spiro atoms. The highest BCUT2D eigenvalue weighted by Gasteiger charge is 2.03. The lowest BCUT2D eigenvalue weighted by molar-refractivity contribution is 0.459. The molecule has 0 bridgehead atoms. The first-order valence-corrected chi connectivity index (χ1v) is 3.43. The van der Waals surface area contributed by atoms with Crippen LogP contribution in [0.15, 0.2) is 0 Å². The van der Waals surface area contributed by atoms with Crippen molar-refractivity contribution < 1.29 is 4.18 Å². The molecule has 7 heavy (non-hydrogen) atoms. The first-order chi connectivity index (χ1) is 3.12. The van der Waals surface area contributed by atoms with Gasteiger partial charge in [-0.05, 0) is 7.05 Å². The second-order valence-corrected chi connectivity index (χ2v) is 3.06. The van der Waals surface area contributed by atoms with Crippen molar-refractivity contribution in [2.45, 2.75) is 0 Å². The van der Waals surface area contributed by atoms with Crippen molar-refractivity contribution in [1.29, 1.82) is 0 Å². The topological polar surface area (TPSA) is 73.3 Å². The highest BCUT2D eigenvalue weighted by molar-refractivity contribution is 8.24. The van der Waals surface area contributed by atoms with Crippen LogP contribution in [0.5, 0.6) is 0 Å². The van der Waals surface area contributed by atoms with Gasteiger partial charge in [0.15, 0.2) is 0 Å². The third kappa shape index (κ3) is 2.84. The van der Waals surface area contributed by atoms with Gasteiger partial charge >= 0.3 is 0 Å². The maximum atomic E-state index is 5.24. The molecule has 0 aromatic rings. The summed E-state index contributed by atoms with van der Waals surface area (Å²) in [5.41, 5.74) is 0. The summed E-state index contributed by atoms with van der Waals surface area (Å²) in [5, 5.41) is 10.5. The molecule has 0 amide bonds. The predicted molar refractivity (Wildman–Crippen MR) is 32.0 cm³/mol. The van der Waals surface area contributed by atoms with Crippen LogP contribution in [0.2, 0.25) is 0 Å². The molecule has 0 fully saturated rings. The molecule has 0 heterocycles. The minimum absolute atomic E-state index is 1.46. The van der Waals surface area contributed by atoms with Crippen LogP contribution < -0.4 is 15.0 Å². The average molecular weight is 125 g/mol. The first kappa shape index (κ1) is 7.19. The molecule has 0 unspecified atom stereocenters. The fourth-order valence-corrected chi connectivity index (χ4v) is 0.250. The van der Waals surface area contributed by atoms with E-state index in [1.807, 2.05) is 0 Å². The standard InChI is InChI=1S/C2H11N3OS/c1-5-7(3,4)6-2/h5H,3-4H2,1-2H3. The molecule has 0 aromatic heterocycles. The normalized spacial score (nSPS) is 14.3. The van der Waals surface area contributed by atoms with Gasteiger partial charge in [0, 0.05) is 10.9 Å². The molecule has 46 valence electrons. The summed E-state index contributed by atoms with van der Waals surface area (Å²) in [4.78, 5) is 0. The van der Waals surface area contributed by atoms with Crippen LogP contribution in [-0.4, -0.2) is 14.2 Å². The zero-order valence-corrected chi connectivity index (χ0v) is 5.29. The highest BCUT2D eigenvalue weighted by atomic mass is 32.3. The number of nitrogens with two attached hydrogens (primary N) is 2. The van der Waals surface area contributed by atoms with Gasteiger partial charge < -0.3 is 4.18 Å². The largest absolute Gasteiger partial charge is 0.302 e. The van der Waals surface area contributed by atoms with Crippen LogP contribution >= 0.6 is 10.9 Å². The Morgan fingerprint density at radius 3 is 2.00 bits per heavy atom. The Balaban J connectivity index is 3.36. The van der Waals surface area contributed by atoms with E-state index in [1.165, 1.54) is 7.11 Å². The monoisotopic (exact) mass is 125 g/mol. The molecule has 0 aliphatic heterocycles. The van der Waals surface area contributed by atoms with E-state index in [0.29, 0.717) is 0 Å². The van der Waals surface area contributed by atoms with E-state index < -0.39 is 10.9 Å². The molecule has 0 saturated heterocycles. The number of rotatable bonds is 2. The van der Waals surface area contributed by atoms with Gasteiger partial charge in [-0.2, -0.15) is 0 Å². The smallest absolute Gasteiger partial charge is 0.0524 e. The zero-order chi connectivity index (χ0) is 5.91. The Bertz CT molecular complexity index is 50.9. The van der Waals surface area contributed by atoms with Crippen molar-refractivity contribution >= 4 is 10.9 Å². The SMILES string of the molecule is CNS(N)(N)OC. The van der Waals surface area contributed by atoms with E-state index in [1.54, 1.807) is 7.05 Å². The predicted octanol–water partition coefficient (Wildman–Crippen LogP) is -0.766. The number of nitrogens with one attached hydrogen (secondary N) is 1. The molecule has 0 rings (SSSR count). The Labute approximate surface area is 45.1 Å². The fraction of sp³-hybridized carbons (Fsp3) is 1.00. The van der Waals surface area contributed by atoms with Crippen molar-refractivity contribution in [3.63, 3.8) is 0 Å². The molecule has 0 aliphatic rings. The quantitative estimate of drug-likeness (QED) is 0.453. The maximum absolute atomic E-state index is 5.24. The highest BCUT2D eigenvalue weighted by Crippen LogP contribution is 2.21. The lowest BCUT2D eigenvalue weighted by Crippen LogP contribution is -2.32. The summed E-state index contributed by atoms with van der Waals surface area (Å²) in [5.74, 6) is 0. The van der Waals surface area contributed by atoms with Crippen LogP contribution in [0.3, 0.4) is 0 Å². The van der Waals surface area contributed by atoms with Crippen molar-refractivity contribution in [1.82, 2.24) is 4.72 Å². The van der Waals surface area contributed by atoms with Crippen LogP contribution in [0, 0.1) is 0 Å². The van der Waals surface area contributed by atoms with Gasteiger partial charge in [-0.15, -0.1) is 0 Å². The molecule has 5 N–H and O–H groups in total. The van der Waals surface area contributed by atoms with Gasteiger partial charge in [0.2, 0.25) is 0 Å².